The van der Waals surface area contributed by atoms with Gasteiger partial charge in [0.05, 0.1) is 11.7 Å². The third-order valence-corrected chi connectivity index (χ3v) is 3.47. The van der Waals surface area contributed by atoms with Crippen molar-refractivity contribution >= 4 is 10.9 Å². The van der Waals surface area contributed by atoms with Gasteiger partial charge in [-0.15, -0.1) is 0 Å². The minimum absolute atomic E-state index is 0.729. The Morgan fingerprint density at radius 2 is 2.31 bits per heavy atom. The largest absolute Gasteiger partial charge is 0.310 e. The van der Waals surface area contributed by atoms with E-state index in [2.05, 4.69) is 40.6 Å². The Bertz CT molecular complexity index is 483. The molecule has 3 heteroatoms. The normalized spacial score (nSPS) is 24.6. The van der Waals surface area contributed by atoms with Gasteiger partial charge in [-0.3, -0.25) is 5.10 Å². The predicted octanol–water partition coefficient (Wildman–Crippen LogP) is 2.45. The molecule has 1 heterocycles. The summed E-state index contributed by atoms with van der Waals surface area (Å²) in [7, 11) is 0. The van der Waals surface area contributed by atoms with E-state index in [-0.39, 0.29) is 0 Å². The second kappa shape index (κ2) is 3.91. The van der Waals surface area contributed by atoms with Gasteiger partial charge in [-0.25, -0.2) is 0 Å². The van der Waals surface area contributed by atoms with Crippen LogP contribution in [0.1, 0.15) is 25.3 Å². The maximum absolute atomic E-state index is 4.03. The van der Waals surface area contributed by atoms with Gasteiger partial charge in [-0.2, -0.15) is 5.10 Å². The maximum atomic E-state index is 4.03. The minimum Gasteiger partial charge on any atom is -0.310 e. The molecule has 2 aromatic rings. The van der Waals surface area contributed by atoms with Crippen molar-refractivity contribution < 1.29 is 0 Å². The Morgan fingerprint density at radius 3 is 3.12 bits per heavy atom. The van der Waals surface area contributed by atoms with E-state index >= 15 is 0 Å². The number of rotatable bonds is 3. The van der Waals surface area contributed by atoms with Crippen LogP contribution in [0.2, 0.25) is 0 Å². The lowest BCUT2D eigenvalue weighted by Crippen LogP contribution is -2.39. The monoisotopic (exact) mass is 215 g/mol. The average molecular weight is 215 g/mol. The summed E-state index contributed by atoms with van der Waals surface area (Å²) in [6, 6.07) is 7.20. The van der Waals surface area contributed by atoms with Crippen molar-refractivity contribution in [1.29, 1.82) is 0 Å². The van der Waals surface area contributed by atoms with Crippen molar-refractivity contribution in [3.8, 4) is 0 Å². The number of aromatic amines is 1. The number of nitrogens with zero attached hydrogens (tertiary/aromatic N) is 1. The molecule has 1 fully saturated rings. The van der Waals surface area contributed by atoms with E-state index in [0.717, 1.165) is 24.0 Å². The molecule has 84 valence electrons. The second-order valence-electron chi connectivity index (χ2n) is 4.95. The van der Waals surface area contributed by atoms with Crippen LogP contribution >= 0.6 is 0 Å². The number of hydrogen-bond acceptors (Lipinski definition) is 2. The zero-order valence-electron chi connectivity index (χ0n) is 9.53. The van der Waals surface area contributed by atoms with Gasteiger partial charge in [0.15, 0.2) is 0 Å². The molecular formula is C13H17N3. The third-order valence-electron chi connectivity index (χ3n) is 3.47. The van der Waals surface area contributed by atoms with Crippen molar-refractivity contribution in [1.82, 2.24) is 15.5 Å². The van der Waals surface area contributed by atoms with Gasteiger partial charge < -0.3 is 5.32 Å². The summed E-state index contributed by atoms with van der Waals surface area (Å²) >= 11 is 0. The molecule has 1 aromatic heterocycles. The fourth-order valence-electron chi connectivity index (χ4n) is 2.43. The van der Waals surface area contributed by atoms with Gasteiger partial charge in [0, 0.05) is 18.0 Å². The smallest absolute Gasteiger partial charge is 0.0653 e. The first kappa shape index (κ1) is 9.85. The van der Waals surface area contributed by atoms with Crippen LogP contribution in [0.4, 0.5) is 0 Å². The lowest BCUT2D eigenvalue weighted by atomic mass is 9.82. The second-order valence-corrected chi connectivity index (χ2v) is 4.95. The van der Waals surface area contributed by atoms with Crippen LogP contribution in [0.25, 0.3) is 10.9 Å². The van der Waals surface area contributed by atoms with Crippen molar-refractivity contribution in [3.05, 3.63) is 30.0 Å². The average Bonchev–Trinajstić information content (AvgIpc) is 2.69. The van der Waals surface area contributed by atoms with Crippen LogP contribution in [0.15, 0.2) is 24.4 Å². The molecule has 0 bridgehead atoms. The molecule has 0 saturated heterocycles. The van der Waals surface area contributed by atoms with E-state index in [1.807, 2.05) is 6.20 Å². The van der Waals surface area contributed by atoms with Crippen LogP contribution in [-0.2, 0) is 6.54 Å². The summed E-state index contributed by atoms with van der Waals surface area (Å²) < 4.78 is 0. The maximum Gasteiger partial charge on any atom is 0.0653 e. The lowest BCUT2D eigenvalue weighted by molar-refractivity contribution is 0.240. The zero-order valence-corrected chi connectivity index (χ0v) is 9.53. The molecule has 0 unspecified atom stereocenters. The molecule has 3 nitrogen and oxygen atoms in total. The van der Waals surface area contributed by atoms with Crippen molar-refractivity contribution in [2.45, 2.75) is 32.4 Å². The number of benzene rings is 1. The molecule has 0 radical (unpaired) electrons. The molecular weight excluding hydrogens is 198 g/mol. The van der Waals surface area contributed by atoms with E-state index in [1.165, 1.54) is 23.8 Å². The molecule has 3 rings (SSSR count). The summed E-state index contributed by atoms with van der Waals surface area (Å²) in [5, 5.41) is 11.8. The summed E-state index contributed by atoms with van der Waals surface area (Å²) in [5.74, 6) is 0.910. The molecule has 0 atom stereocenters. The zero-order chi connectivity index (χ0) is 11.0. The fraction of sp³-hybridized carbons (Fsp3) is 0.462. The number of hydrogen-bond donors (Lipinski definition) is 2. The van der Waals surface area contributed by atoms with Gasteiger partial charge >= 0.3 is 0 Å². The Labute approximate surface area is 95.2 Å². The molecule has 1 saturated carbocycles. The van der Waals surface area contributed by atoms with Crippen LogP contribution < -0.4 is 5.32 Å². The molecule has 1 aliphatic carbocycles. The van der Waals surface area contributed by atoms with Gasteiger partial charge in [0.2, 0.25) is 0 Å². The molecule has 0 spiro atoms. The number of fused-ring (bicyclic) bond motifs is 1. The Morgan fingerprint density at radius 1 is 1.44 bits per heavy atom. The van der Waals surface area contributed by atoms with Crippen LogP contribution in [0.5, 0.6) is 0 Å². The number of nitrogens with one attached hydrogen (secondary N) is 2. The Hall–Kier alpha value is -1.35. The van der Waals surface area contributed by atoms with E-state index in [4.69, 9.17) is 0 Å². The summed E-state index contributed by atoms with van der Waals surface area (Å²) in [6.45, 7) is 3.28. The van der Waals surface area contributed by atoms with Crippen LogP contribution in [0.3, 0.4) is 0 Å². The van der Waals surface area contributed by atoms with E-state index in [9.17, 15) is 0 Å². The lowest BCUT2D eigenvalue weighted by Gasteiger charge is -2.33. The van der Waals surface area contributed by atoms with E-state index in [0.29, 0.717) is 0 Å². The molecule has 0 aliphatic heterocycles. The standard InChI is InChI=1S/C13H17N3/c1-9-4-12(5-9)14-7-10-2-3-11-8-15-16-13(11)6-10/h2-3,6,8-9,12,14H,4-5,7H2,1H3,(H,15,16). The highest BCUT2D eigenvalue weighted by molar-refractivity contribution is 5.78. The first-order valence-corrected chi connectivity index (χ1v) is 5.96. The van der Waals surface area contributed by atoms with Crippen molar-refractivity contribution in [2.75, 3.05) is 0 Å². The highest BCUT2D eigenvalue weighted by atomic mass is 15.1. The fourth-order valence-corrected chi connectivity index (χ4v) is 2.43. The third kappa shape index (κ3) is 1.83. The van der Waals surface area contributed by atoms with Gasteiger partial charge in [0.25, 0.3) is 0 Å². The number of H-pyrrole nitrogens is 1. The first-order valence-electron chi connectivity index (χ1n) is 5.96. The minimum atomic E-state index is 0.729. The van der Waals surface area contributed by atoms with Crippen LogP contribution in [0, 0.1) is 5.92 Å². The topological polar surface area (TPSA) is 40.7 Å². The summed E-state index contributed by atoms with van der Waals surface area (Å²) in [6.07, 6.45) is 4.51. The molecule has 2 N–H and O–H groups in total. The van der Waals surface area contributed by atoms with Gasteiger partial charge in [0.1, 0.15) is 0 Å². The predicted molar refractivity (Wildman–Crippen MR) is 65.1 cm³/mol. The van der Waals surface area contributed by atoms with Gasteiger partial charge in [-0.1, -0.05) is 19.1 Å². The van der Waals surface area contributed by atoms with Crippen molar-refractivity contribution in [3.63, 3.8) is 0 Å². The quantitative estimate of drug-likeness (QED) is 0.825. The highest BCUT2D eigenvalue weighted by Gasteiger charge is 2.24. The molecule has 0 amide bonds. The highest BCUT2D eigenvalue weighted by Crippen LogP contribution is 2.26. The Balaban J connectivity index is 1.65. The van der Waals surface area contributed by atoms with E-state index in [1.54, 1.807) is 0 Å². The van der Waals surface area contributed by atoms with Gasteiger partial charge in [-0.05, 0) is 30.4 Å². The summed E-state index contributed by atoms with van der Waals surface area (Å²) in [5.41, 5.74) is 2.46. The summed E-state index contributed by atoms with van der Waals surface area (Å²) in [4.78, 5) is 0. The molecule has 16 heavy (non-hydrogen) atoms. The molecule has 1 aromatic carbocycles. The SMILES string of the molecule is CC1CC(NCc2ccc3cn[nH]c3c2)C1. The van der Waals surface area contributed by atoms with E-state index < -0.39 is 0 Å². The first-order chi connectivity index (χ1) is 7.81. The number of aromatic nitrogens is 2. The Kier molecular flexibility index (Phi) is 2.40. The van der Waals surface area contributed by atoms with Crippen molar-refractivity contribution in [2.24, 2.45) is 5.92 Å². The molecule has 1 aliphatic rings. The van der Waals surface area contributed by atoms with Crippen LogP contribution in [-0.4, -0.2) is 16.2 Å².